The van der Waals surface area contributed by atoms with Gasteiger partial charge in [0.25, 0.3) is 0 Å². The fraction of sp³-hybridized carbons (Fsp3) is 0.611. The molecule has 2 atom stereocenters. The van der Waals surface area contributed by atoms with Crippen LogP contribution in [-0.2, 0) is 17.6 Å². The quantitative estimate of drug-likeness (QED) is 0.812. The first kappa shape index (κ1) is 16.5. The molecule has 0 aromatic heterocycles. The van der Waals surface area contributed by atoms with E-state index in [0.29, 0.717) is 0 Å². The maximum absolute atomic E-state index is 12.6. The molecule has 0 saturated heterocycles. The van der Waals surface area contributed by atoms with Crippen molar-refractivity contribution >= 4 is 21.8 Å². The number of amides is 1. The highest BCUT2D eigenvalue weighted by Gasteiger charge is 2.30. The molecule has 2 rings (SSSR count). The lowest BCUT2D eigenvalue weighted by Gasteiger charge is -2.33. The smallest absolute Gasteiger partial charge is 0.223 e. The Morgan fingerprint density at radius 3 is 2.62 bits per heavy atom. The molecule has 1 N–H and O–H groups in total. The number of rotatable bonds is 4. The third-order valence-corrected chi connectivity index (χ3v) is 4.94. The second kappa shape index (κ2) is 6.95. The summed E-state index contributed by atoms with van der Waals surface area (Å²) in [5.74, 6) is 0.352. The van der Waals surface area contributed by atoms with Crippen LogP contribution >= 0.6 is 15.9 Å². The lowest BCUT2D eigenvalue weighted by Crippen LogP contribution is -2.47. The predicted octanol–water partition coefficient (Wildman–Crippen LogP) is 4.11. The highest BCUT2D eigenvalue weighted by Crippen LogP contribution is 2.27. The van der Waals surface area contributed by atoms with Gasteiger partial charge in [0.15, 0.2) is 0 Å². The van der Waals surface area contributed by atoms with Crippen LogP contribution in [0.5, 0.6) is 0 Å². The number of fused-ring (bicyclic) bond motifs is 1. The Kier molecular flexibility index (Phi) is 5.48. The number of carbonyl (C=O) groups excluding carboxylic acids is 1. The summed E-state index contributed by atoms with van der Waals surface area (Å²) in [5.41, 5.74) is 2.85. The molecule has 0 heterocycles. The monoisotopic (exact) mass is 351 g/mol. The maximum atomic E-state index is 12.6. The second-order valence-corrected chi connectivity index (χ2v) is 7.91. The molecule has 3 heteroatoms. The molecule has 1 aliphatic rings. The van der Waals surface area contributed by atoms with Crippen LogP contribution in [0.4, 0.5) is 0 Å². The van der Waals surface area contributed by atoms with E-state index in [9.17, 15) is 4.79 Å². The van der Waals surface area contributed by atoms with Crippen molar-refractivity contribution in [3.63, 3.8) is 0 Å². The molecule has 0 bridgehead atoms. The van der Waals surface area contributed by atoms with Gasteiger partial charge in [-0.1, -0.05) is 61.0 Å². The van der Waals surface area contributed by atoms with Crippen LogP contribution in [0.3, 0.4) is 0 Å². The molecular weight excluding hydrogens is 326 g/mol. The van der Waals surface area contributed by atoms with E-state index in [-0.39, 0.29) is 23.3 Å². The van der Waals surface area contributed by atoms with E-state index in [1.807, 2.05) is 0 Å². The second-order valence-electron chi connectivity index (χ2n) is 7.11. The summed E-state index contributed by atoms with van der Waals surface area (Å²) in [7, 11) is 0. The van der Waals surface area contributed by atoms with Gasteiger partial charge in [0.1, 0.15) is 0 Å². The number of aryl methyl sites for hydroxylation is 1. The van der Waals surface area contributed by atoms with E-state index in [1.54, 1.807) is 0 Å². The Labute approximate surface area is 136 Å². The predicted molar refractivity (Wildman–Crippen MR) is 91.8 cm³/mol. The van der Waals surface area contributed by atoms with Crippen LogP contribution < -0.4 is 5.32 Å². The molecule has 1 amide bonds. The summed E-state index contributed by atoms with van der Waals surface area (Å²) in [4.78, 5) is 12.6. The number of halogens is 1. The molecule has 1 aromatic rings. The molecule has 0 fully saturated rings. The van der Waals surface area contributed by atoms with E-state index in [0.717, 1.165) is 31.0 Å². The average molecular weight is 352 g/mol. The van der Waals surface area contributed by atoms with Gasteiger partial charge in [0, 0.05) is 17.3 Å². The van der Waals surface area contributed by atoms with Gasteiger partial charge in [-0.15, -0.1) is 0 Å². The zero-order chi connectivity index (χ0) is 15.5. The third kappa shape index (κ3) is 4.32. The highest BCUT2D eigenvalue weighted by atomic mass is 79.9. The Morgan fingerprint density at radius 1 is 1.33 bits per heavy atom. The number of carbonyl (C=O) groups is 1. The minimum absolute atomic E-state index is 0.0933. The number of alkyl halides is 1. The average Bonchev–Trinajstić information content (AvgIpc) is 2.45. The SMILES string of the molecule is CC(C)(C)C(CCBr)NC(=O)C1CCc2ccccc2C1. The van der Waals surface area contributed by atoms with Crippen molar-refractivity contribution in [2.45, 2.75) is 52.5 Å². The molecule has 0 spiro atoms. The zero-order valence-corrected chi connectivity index (χ0v) is 14.9. The first-order valence-electron chi connectivity index (χ1n) is 7.85. The van der Waals surface area contributed by atoms with Gasteiger partial charge in [0.05, 0.1) is 0 Å². The number of hydrogen-bond acceptors (Lipinski definition) is 1. The van der Waals surface area contributed by atoms with Crippen LogP contribution in [0.25, 0.3) is 0 Å². The van der Waals surface area contributed by atoms with Gasteiger partial charge in [-0.25, -0.2) is 0 Å². The molecule has 0 radical (unpaired) electrons. The van der Waals surface area contributed by atoms with E-state index >= 15 is 0 Å². The van der Waals surface area contributed by atoms with Crippen molar-refractivity contribution in [2.75, 3.05) is 5.33 Å². The van der Waals surface area contributed by atoms with Gasteiger partial charge in [-0.3, -0.25) is 4.79 Å². The van der Waals surface area contributed by atoms with Crippen molar-refractivity contribution in [1.82, 2.24) is 5.32 Å². The van der Waals surface area contributed by atoms with Gasteiger partial charge >= 0.3 is 0 Å². The molecule has 1 aromatic carbocycles. The maximum Gasteiger partial charge on any atom is 0.223 e. The molecule has 0 saturated carbocycles. The Hall–Kier alpha value is -0.830. The van der Waals surface area contributed by atoms with E-state index in [2.05, 4.69) is 66.3 Å². The van der Waals surface area contributed by atoms with Gasteiger partial charge in [0.2, 0.25) is 5.91 Å². The van der Waals surface area contributed by atoms with Crippen LogP contribution in [0, 0.1) is 11.3 Å². The molecular formula is C18H26BrNO. The highest BCUT2D eigenvalue weighted by molar-refractivity contribution is 9.09. The van der Waals surface area contributed by atoms with Crippen LogP contribution in [-0.4, -0.2) is 17.3 Å². The van der Waals surface area contributed by atoms with Crippen LogP contribution in [0.1, 0.15) is 44.7 Å². The van der Waals surface area contributed by atoms with Crippen LogP contribution in [0.15, 0.2) is 24.3 Å². The van der Waals surface area contributed by atoms with E-state index in [4.69, 9.17) is 0 Å². The molecule has 0 aliphatic heterocycles. The van der Waals surface area contributed by atoms with E-state index < -0.39 is 0 Å². The number of benzene rings is 1. The molecule has 2 unspecified atom stereocenters. The minimum Gasteiger partial charge on any atom is -0.353 e. The Morgan fingerprint density at radius 2 is 2.00 bits per heavy atom. The fourth-order valence-electron chi connectivity index (χ4n) is 3.04. The topological polar surface area (TPSA) is 29.1 Å². The lowest BCUT2D eigenvalue weighted by molar-refractivity contribution is -0.126. The summed E-state index contributed by atoms with van der Waals surface area (Å²) in [6, 6.07) is 8.73. The summed E-state index contributed by atoms with van der Waals surface area (Å²) >= 11 is 3.50. The zero-order valence-electron chi connectivity index (χ0n) is 13.3. The van der Waals surface area contributed by atoms with Crippen molar-refractivity contribution in [2.24, 2.45) is 11.3 Å². The number of nitrogens with one attached hydrogen (secondary N) is 1. The van der Waals surface area contributed by atoms with Crippen molar-refractivity contribution in [3.05, 3.63) is 35.4 Å². The van der Waals surface area contributed by atoms with Gasteiger partial charge in [-0.05, 0) is 42.2 Å². The molecule has 21 heavy (non-hydrogen) atoms. The minimum atomic E-state index is 0.0933. The normalized spacial score (nSPS) is 19.7. The van der Waals surface area contributed by atoms with Crippen molar-refractivity contribution < 1.29 is 4.79 Å². The molecule has 1 aliphatic carbocycles. The standard InChI is InChI=1S/C18H26BrNO/c1-18(2,3)16(10-11-19)20-17(21)15-9-8-13-6-4-5-7-14(13)12-15/h4-7,15-16H,8-12H2,1-3H3,(H,20,21). The Bertz CT molecular complexity index is 492. The van der Waals surface area contributed by atoms with Crippen LogP contribution in [0.2, 0.25) is 0 Å². The molecule has 116 valence electrons. The van der Waals surface area contributed by atoms with Gasteiger partial charge < -0.3 is 5.32 Å². The largest absolute Gasteiger partial charge is 0.353 e. The summed E-state index contributed by atoms with van der Waals surface area (Å²) in [6.07, 6.45) is 3.84. The fourth-order valence-corrected chi connectivity index (χ4v) is 3.50. The summed E-state index contributed by atoms with van der Waals surface area (Å²) in [6.45, 7) is 6.57. The summed E-state index contributed by atoms with van der Waals surface area (Å²) in [5, 5.41) is 4.21. The number of hydrogen-bond donors (Lipinski definition) is 1. The van der Waals surface area contributed by atoms with Crippen molar-refractivity contribution in [1.29, 1.82) is 0 Å². The first-order valence-corrected chi connectivity index (χ1v) is 8.97. The first-order chi connectivity index (χ1) is 9.91. The van der Waals surface area contributed by atoms with E-state index in [1.165, 1.54) is 11.1 Å². The Balaban J connectivity index is 2.01. The molecule has 2 nitrogen and oxygen atoms in total. The van der Waals surface area contributed by atoms with Gasteiger partial charge in [-0.2, -0.15) is 0 Å². The third-order valence-electron chi connectivity index (χ3n) is 4.48. The lowest BCUT2D eigenvalue weighted by atomic mass is 9.81. The van der Waals surface area contributed by atoms with Crippen molar-refractivity contribution in [3.8, 4) is 0 Å². The summed E-state index contributed by atoms with van der Waals surface area (Å²) < 4.78 is 0.